The van der Waals surface area contributed by atoms with Gasteiger partial charge in [0.15, 0.2) is 5.82 Å². The number of nitrogens with one attached hydrogen (secondary N) is 1. The second kappa shape index (κ2) is 8.13. The quantitative estimate of drug-likeness (QED) is 0.809. The summed E-state index contributed by atoms with van der Waals surface area (Å²) in [6, 6.07) is 0.0180. The molecule has 8 nitrogen and oxygen atoms in total. The van der Waals surface area contributed by atoms with Gasteiger partial charge in [0.1, 0.15) is 0 Å². The minimum atomic E-state index is 0.0180. The maximum atomic E-state index is 12.3. The van der Waals surface area contributed by atoms with Crippen LogP contribution < -0.4 is 5.32 Å². The van der Waals surface area contributed by atoms with Crippen LogP contribution >= 0.6 is 0 Å². The van der Waals surface area contributed by atoms with Crippen LogP contribution in [0.5, 0.6) is 0 Å². The summed E-state index contributed by atoms with van der Waals surface area (Å²) in [6.07, 6.45) is 7.54. The van der Waals surface area contributed by atoms with Crippen molar-refractivity contribution in [3.63, 3.8) is 0 Å². The number of aryl methyl sites for hydroxylation is 3. The molecule has 0 bridgehead atoms. The highest BCUT2D eigenvalue weighted by atomic mass is 16.5. The monoisotopic (exact) mass is 346 g/mol. The predicted molar refractivity (Wildman–Crippen MR) is 92.2 cm³/mol. The summed E-state index contributed by atoms with van der Waals surface area (Å²) in [7, 11) is 0. The first-order valence-corrected chi connectivity index (χ1v) is 9.00. The fraction of sp³-hybridized carbons (Fsp3) is 0.647. The van der Waals surface area contributed by atoms with Gasteiger partial charge in [-0.1, -0.05) is 5.16 Å². The maximum Gasteiger partial charge on any atom is 0.317 e. The average molecular weight is 346 g/mol. The summed E-state index contributed by atoms with van der Waals surface area (Å²) in [5, 5.41) is 11.1. The number of hydrogen-bond donors (Lipinski definition) is 1. The van der Waals surface area contributed by atoms with E-state index in [1.54, 1.807) is 6.92 Å². The zero-order chi connectivity index (χ0) is 17.6. The molecule has 1 aliphatic rings. The van der Waals surface area contributed by atoms with Gasteiger partial charge in [-0.05, 0) is 44.6 Å². The van der Waals surface area contributed by atoms with Gasteiger partial charge in [-0.3, -0.25) is 4.68 Å². The Hall–Kier alpha value is -2.38. The topological polar surface area (TPSA) is 89.1 Å². The van der Waals surface area contributed by atoms with Gasteiger partial charge in [-0.25, -0.2) is 4.79 Å². The number of urea groups is 1. The van der Waals surface area contributed by atoms with E-state index in [2.05, 4.69) is 33.7 Å². The molecule has 0 radical (unpaired) electrons. The van der Waals surface area contributed by atoms with Crippen molar-refractivity contribution < 1.29 is 9.32 Å². The van der Waals surface area contributed by atoms with Gasteiger partial charge in [0.2, 0.25) is 5.89 Å². The Morgan fingerprint density at radius 2 is 2.20 bits per heavy atom. The van der Waals surface area contributed by atoms with Gasteiger partial charge >= 0.3 is 6.03 Å². The van der Waals surface area contributed by atoms with Crippen molar-refractivity contribution in [2.75, 3.05) is 19.6 Å². The number of hydrogen-bond acceptors (Lipinski definition) is 5. The van der Waals surface area contributed by atoms with Crippen LogP contribution in [0.1, 0.15) is 49.4 Å². The summed E-state index contributed by atoms with van der Waals surface area (Å²) in [6.45, 7) is 6.97. The molecule has 8 heteroatoms. The molecular weight excluding hydrogens is 320 g/mol. The van der Waals surface area contributed by atoms with Crippen LogP contribution in [-0.4, -0.2) is 50.5 Å². The van der Waals surface area contributed by atoms with Gasteiger partial charge in [0.05, 0.1) is 6.20 Å². The van der Waals surface area contributed by atoms with Crippen molar-refractivity contribution in [2.24, 2.45) is 0 Å². The van der Waals surface area contributed by atoms with Crippen LogP contribution in [0.4, 0.5) is 4.79 Å². The average Bonchev–Trinajstić information content (AvgIpc) is 3.27. The van der Waals surface area contributed by atoms with Crippen LogP contribution in [0.3, 0.4) is 0 Å². The molecule has 1 N–H and O–H groups in total. The van der Waals surface area contributed by atoms with E-state index in [1.807, 2.05) is 15.8 Å². The molecule has 1 fully saturated rings. The highest BCUT2D eigenvalue weighted by Crippen LogP contribution is 2.27. The van der Waals surface area contributed by atoms with Gasteiger partial charge in [-0.2, -0.15) is 10.1 Å². The third-order valence-electron chi connectivity index (χ3n) is 4.64. The van der Waals surface area contributed by atoms with Crippen LogP contribution in [0.2, 0.25) is 0 Å². The molecule has 1 saturated heterocycles. The van der Waals surface area contributed by atoms with E-state index in [1.165, 1.54) is 5.56 Å². The molecule has 3 rings (SSSR count). The van der Waals surface area contributed by atoms with Gasteiger partial charge in [0, 0.05) is 38.8 Å². The molecule has 25 heavy (non-hydrogen) atoms. The third-order valence-corrected chi connectivity index (χ3v) is 4.64. The fourth-order valence-corrected chi connectivity index (χ4v) is 3.17. The lowest BCUT2D eigenvalue weighted by Gasteiger charge is -2.31. The zero-order valence-electron chi connectivity index (χ0n) is 14.9. The second-order valence-corrected chi connectivity index (χ2v) is 6.46. The molecule has 2 aromatic heterocycles. The summed E-state index contributed by atoms with van der Waals surface area (Å²) in [5.41, 5.74) is 1.29. The molecule has 0 unspecified atom stereocenters. The van der Waals surface area contributed by atoms with Crippen LogP contribution in [0.15, 0.2) is 16.9 Å². The molecule has 0 saturated carbocycles. The molecule has 0 spiro atoms. The summed E-state index contributed by atoms with van der Waals surface area (Å²) in [5.74, 6) is 1.77. The number of nitrogens with zero attached hydrogens (tertiary/aromatic N) is 5. The first-order chi connectivity index (χ1) is 12.2. The van der Waals surface area contributed by atoms with Crippen molar-refractivity contribution >= 4 is 6.03 Å². The molecule has 2 aromatic rings. The molecule has 0 aliphatic carbocycles. The smallest absolute Gasteiger partial charge is 0.317 e. The number of amides is 2. The number of likely N-dealkylation sites (tertiary alicyclic amines) is 1. The highest BCUT2D eigenvalue weighted by Gasteiger charge is 2.24. The Morgan fingerprint density at radius 3 is 2.84 bits per heavy atom. The number of carbonyl (C=O) groups excluding carboxylic acids is 1. The Bertz CT molecular complexity index is 687. The van der Waals surface area contributed by atoms with E-state index in [-0.39, 0.29) is 6.03 Å². The first kappa shape index (κ1) is 17.4. The van der Waals surface area contributed by atoms with Crippen LogP contribution in [-0.2, 0) is 13.0 Å². The molecular formula is C17H26N6O2. The van der Waals surface area contributed by atoms with Crippen molar-refractivity contribution in [1.82, 2.24) is 30.1 Å². The largest absolute Gasteiger partial charge is 0.339 e. The Kier molecular flexibility index (Phi) is 5.67. The number of carbonyl (C=O) groups is 1. The summed E-state index contributed by atoms with van der Waals surface area (Å²) < 4.78 is 7.02. The van der Waals surface area contributed by atoms with Gasteiger partial charge in [0.25, 0.3) is 0 Å². The van der Waals surface area contributed by atoms with E-state index in [0.29, 0.717) is 30.6 Å². The zero-order valence-corrected chi connectivity index (χ0v) is 14.9. The second-order valence-electron chi connectivity index (χ2n) is 6.46. The standard InChI is InChI=1S/C17H26N6O2/c1-3-23-12-15(11-19-23)14-6-9-22(10-7-14)17(24)18-8-4-5-16-20-13(2)21-25-16/h11-12,14H,3-10H2,1-2H3,(H,18,24). The van der Waals surface area contributed by atoms with E-state index in [4.69, 9.17) is 4.52 Å². The highest BCUT2D eigenvalue weighted by molar-refractivity contribution is 5.74. The Balaban J connectivity index is 1.36. The normalized spacial score (nSPS) is 15.5. The number of aromatic nitrogens is 4. The molecule has 0 atom stereocenters. The Morgan fingerprint density at radius 1 is 1.40 bits per heavy atom. The number of rotatable bonds is 6. The van der Waals surface area contributed by atoms with E-state index >= 15 is 0 Å². The fourth-order valence-electron chi connectivity index (χ4n) is 3.17. The van der Waals surface area contributed by atoms with Crippen molar-refractivity contribution in [3.05, 3.63) is 29.7 Å². The van der Waals surface area contributed by atoms with E-state index < -0.39 is 0 Å². The molecule has 136 valence electrons. The van der Waals surface area contributed by atoms with Crippen molar-refractivity contribution in [3.8, 4) is 0 Å². The van der Waals surface area contributed by atoms with Gasteiger partial charge < -0.3 is 14.7 Å². The Labute approximate surface area is 147 Å². The first-order valence-electron chi connectivity index (χ1n) is 9.00. The molecule has 3 heterocycles. The lowest BCUT2D eigenvalue weighted by Crippen LogP contribution is -2.44. The lowest BCUT2D eigenvalue weighted by atomic mass is 9.92. The lowest BCUT2D eigenvalue weighted by molar-refractivity contribution is 0.181. The maximum absolute atomic E-state index is 12.3. The van der Waals surface area contributed by atoms with E-state index in [9.17, 15) is 4.79 Å². The van der Waals surface area contributed by atoms with Gasteiger partial charge in [-0.15, -0.1) is 0 Å². The van der Waals surface area contributed by atoms with Crippen molar-refractivity contribution in [1.29, 1.82) is 0 Å². The van der Waals surface area contributed by atoms with E-state index in [0.717, 1.165) is 38.9 Å². The minimum absolute atomic E-state index is 0.0180. The molecule has 0 aromatic carbocycles. The summed E-state index contributed by atoms with van der Waals surface area (Å²) in [4.78, 5) is 18.3. The minimum Gasteiger partial charge on any atom is -0.339 e. The van der Waals surface area contributed by atoms with Crippen molar-refractivity contribution in [2.45, 2.75) is 52.0 Å². The number of piperidine rings is 1. The van der Waals surface area contributed by atoms with Crippen LogP contribution in [0.25, 0.3) is 0 Å². The SMILES string of the molecule is CCn1cc(C2CCN(C(=O)NCCCc3nc(C)no3)CC2)cn1. The molecule has 2 amide bonds. The third kappa shape index (κ3) is 4.58. The summed E-state index contributed by atoms with van der Waals surface area (Å²) >= 11 is 0. The molecule has 1 aliphatic heterocycles. The predicted octanol–water partition coefficient (Wildman–Crippen LogP) is 2.12. The van der Waals surface area contributed by atoms with Crippen LogP contribution in [0, 0.1) is 6.92 Å².